The van der Waals surface area contributed by atoms with Crippen molar-refractivity contribution in [3.8, 4) is 5.75 Å². The molecular weight excluding hydrogens is 209 g/mol. The van der Waals surface area contributed by atoms with Gasteiger partial charge in [0.2, 0.25) is 0 Å². The second kappa shape index (κ2) is 4.18. The highest BCUT2D eigenvalue weighted by atomic mass is 35.5. The first-order chi connectivity index (χ1) is 6.00. The maximum Gasteiger partial charge on any atom is 0.121 e. The molecule has 0 saturated heterocycles. The van der Waals surface area contributed by atoms with Crippen LogP contribution in [0, 0.1) is 0 Å². The van der Waals surface area contributed by atoms with Gasteiger partial charge in [-0.3, -0.25) is 0 Å². The third-order valence-electron chi connectivity index (χ3n) is 1.66. The van der Waals surface area contributed by atoms with Crippen molar-refractivity contribution in [1.29, 1.82) is 0 Å². The maximum atomic E-state index is 9.50. The molecule has 0 bridgehead atoms. The van der Waals surface area contributed by atoms with E-state index in [2.05, 4.69) is 0 Å². The number of hydrogen-bond donors (Lipinski definition) is 2. The molecule has 0 aliphatic heterocycles. The molecule has 0 saturated carbocycles. The zero-order valence-electron chi connectivity index (χ0n) is 7.22. The van der Waals surface area contributed by atoms with Gasteiger partial charge in [0, 0.05) is 21.7 Å². The van der Waals surface area contributed by atoms with Gasteiger partial charge in [0.1, 0.15) is 5.75 Å². The summed E-state index contributed by atoms with van der Waals surface area (Å²) >= 11 is 11.6. The van der Waals surface area contributed by atoms with E-state index < -0.39 is 0 Å². The van der Waals surface area contributed by atoms with E-state index in [1.54, 1.807) is 6.07 Å². The van der Waals surface area contributed by atoms with Crippen LogP contribution >= 0.6 is 23.2 Å². The van der Waals surface area contributed by atoms with Crippen molar-refractivity contribution in [2.75, 3.05) is 0 Å². The lowest BCUT2D eigenvalue weighted by molar-refractivity contribution is 0.466. The number of nitrogens with two attached hydrogens (primary N) is 1. The Balaban J connectivity index is 3.06. The summed E-state index contributed by atoms with van der Waals surface area (Å²) in [7, 11) is 0. The number of phenols is 1. The minimum absolute atomic E-state index is 0.0374. The Morgan fingerprint density at radius 2 is 2.08 bits per heavy atom. The lowest BCUT2D eigenvalue weighted by Crippen LogP contribution is -2.18. The summed E-state index contributed by atoms with van der Waals surface area (Å²) in [4.78, 5) is 0. The van der Waals surface area contributed by atoms with E-state index in [-0.39, 0.29) is 11.8 Å². The molecule has 0 spiro atoms. The monoisotopic (exact) mass is 219 g/mol. The predicted octanol–water partition coefficient (Wildman–Crippen LogP) is 2.59. The van der Waals surface area contributed by atoms with Crippen molar-refractivity contribution in [3.63, 3.8) is 0 Å². The minimum Gasteiger partial charge on any atom is -0.508 e. The number of aromatic hydroxyl groups is 1. The fourth-order valence-corrected chi connectivity index (χ4v) is 1.67. The highest BCUT2D eigenvalue weighted by Gasteiger charge is 2.09. The predicted molar refractivity (Wildman–Crippen MR) is 55.5 cm³/mol. The molecule has 0 aliphatic carbocycles. The fraction of sp³-hybridized carbons (Fsp3) is 0.333. The van der Waals surface area contributed by atoms with Crippen molar-refractivity contribution in [3.05, 3.63) is 27.7 Å². The van der Waals surface area contributed by atoms with Crippen LogP contribution < -0.4 is 5.73 Å². The molecule has 0 radical (unpaired) electrons. The molecule has 2 nitrogen and oxygen atoms in total. The zero-order chi connectivity index (χ0) is 10.0. The van der Waals surface area contributed by atoms with E-state index in [1.165, 1.54) is 6.07 Å². The van der Waals surface area contributed by atoms with Crippen LogP contribution in [0.1, 0.15) is 12.5 Å². The SMILES string of the molecule is CC(N)Cc1c(O)cc(Cl)cc1Cl. The summed E-state index contributed by atoms with van der Waals surface area (Å²) in [5.74, 6) is 0.106. The molecule has 1 aromatic rings. The van der Waals surface area contributed by atoms with Crippen molar-refractivity contribution >= 4 is 23.2 Å². The van der Waals surface area contributed by atoms with Crippen molar-refractivity contribution in [1.82, 2.24) is 0 Å². The minimum atomic E-state index is -0.0374. The third kappa shape index (κ3) is 2.76. The summed E-state index contributed by atoms with van der Waals surface area (Å²) in [5, 5.41) is 10.4. The fourth-order valence-electron chi connectivity index (χ4n) is 1.11. The lowest BCUT2D eigenvalue weighted by atomic mass is 10.1. The van der Waals surface area contributed by atoms with Gasteiger partial charge in [0.25, 0.3) is 0 Å². The van der Waals surface area contributed by atoms with Gasteiger partial charge < -0.3 is 10.8 Å². The van der Waals surface area contributed by atoms with Crippen LogP contribution in [0.4, 0.5) is 0 Å². The van der Waals surface area contributed by atoms with E-state index >= 15 is 0 Å². The average molecular weight is 220 g/mol. The summed E-state index contributed by atoms with van der Waals surface area (Å²) in [5.41, 5.74) is 6.25. The molecule has 1 rings (SSSR count). The molecule has 1 unspecified atom stereocenters. The van der Waals surface area contributed by atoms with Crippen molar-refractivity contribution < 1.29 is 5.11 Å². The first kappa shape index (κ1) is 10.6. The summed E-state index contributed by atoms with van der Waals surface area (Å²) in [6, 6.07) is 3.02. The van der Waals surface area contributed by atoms with E-state index in [1.807, 2.05) is 6.92 Å². The summed E-state index contributed by atoms with van der Waals surface area (Å²) < 4.78 is 0. The highest BCUT2D eigenvalue weighted by Crippen LogP contribution is 2.30. The van der Waals surface area contributed by atoms with Gasteiger partial charge in [-0.25, -0.2) is 0 Å². The average Bonchev–Trinajstić information content (AvgIpc) is 1.96. The maximum absolute atomic E-state index is 9.50. The topological polar surface area (TPSA) is 46.2 Å². The molecule has 0 amide bonds. The Labute approximate surface area is 87.3 Å². The smallest absolute Gasteiger partial charge is 0.121 e. The number of halogens is 2. The van der Waals surface area contributed by atoms with E-state index in [0.717, 1.165) is 0 Å². The van der Waals surface area contributed by atoms with E-state index in [9.17, 15) is 5.11 Å². The van der Waals surface area contributed by atoms with Gasteiger partial charge in [-0.1, -0.05) is 23.2 Å². The molecule has 1 atom stereocenters. The molecule has 0 fully saturated rings. The Hall–Kier alpha value is -0.440. The standard InChI is InChI=1S/C9H11Cl2NO/c1-5(12)2-7-8(11)3-6(10)4-9(7)13/h3-5,13H,2,12H2,1H3. The normalized spacial score (nSPS) is 12.9. The first-order valence-corrected chi connectivity index (χ1v) is 4.68. The van der Waals surface area contributed by atoms with E-state index in [4.69, 9.17) is 28.9 Å². The molecular formula is C9H11Cl2NO. The van der Waals surface area contributed by atoms with Gasteiger partial charge >= 0.3 is 0 Å². The largest absolute Gasteiger partial charge is 0.508 e. The Morgan fingerprint density at radius 3 is 2.54 bits per heavy atom. The quantitative estimate of drug-likeness (QED) is 0.804. The second-order valence-corrected chi connectivity index (χ2v) is 3.91. The Bertz CT molecular complexity index is 289. The molecule has 3 N–H and O–H groups in total. The van der Waals surface area contributed by atoms with Gasteiger partial charge in [-0.15, -0.1) is 0 Å². The number of rotatable bonds is 2. The Morgan fingerprint density at radius 1 is 1.46 bits per heavy atom. The van der Waals surface area contributed by atoms with Gasteiger partial charge in [-0.05, 0) is 25.5 Å². The molecule has 0 heterocycles. The van der Waals surface area contributed by atoms with Crippen LogP contribution in [0.25, 0.3) is 0 Å². The number of hydrogen-bond acceptors (Lipinski definition) is 2. The van der Waals surface area contributed by atoms with Crippen LogP contribution in [0.15, 0.2) is 12.1 Å². The van der Waals surface area contributed by atoms with Crippen LogP contribution in [-0.4, -0.2) is 11.1 Å². The van der Waals surface area contributed by atoms with Crippen LogP contribution in [-0.2, 0) is 6.42 Å². The van der Waals surface area contributed by atoms with Gasteiger partial charge in [-0.2, -0.15) is 0 Å². The summed E-state index contributed by atoms with van der Waals surface area (Å²) in [6.45, 7) is 1.85. The third-order valence-corrected chi connectivity index (χ3v) is 2.22. The molecule has 0 aromatic heterocycles. The van der Waals surface area contributed by atoms with Crippen molar-refractivity contribution in [2.45, 2.75) is 19.4 Å². The Kier molecular flexibility index (Phi) is 3.42. The van der Waals surface area contributed by atoms with Crippen molar-refractivity contribution in [2.24, 2.45) is 5.73 Å². The second-order valence-electron chi connectivity index (χ2n) is 3.07. The lowest BCUT2D eigenvalue weighted by Gasteiger charge is -2.09. The van der Waals surface area contributed by atoms with Crippen LogP contribution in [0.3, 0.4) is 0 Å². The van der Waals surface area contributed by atoms with Crippen LogP contribution in [0.5, 0.6) is 5.75 Å². The first-order valence-electron chi connectivity index (χ1n) is 3.93. The van der Waals surface area contributed by atoms with Gasteiger partial charge in [0.05, 0.1) is 0 Å². The molecule has 4 heteroatoms. The number of phenolic OH excluding ortho intramolecular Hbond substituents is 1. The van der Waals surface area contributed by atoms with E-state index in [0.29, 0.717) is 22.0 Å². The highest BCUT2D eigenvalue weighted by molar-refractivity contribution is 6.35. The number of benzene rings is 1. The molecule has 0 aliphatic rings. The summed E-state index contributed by atoms with van der Waals surface area (Å²) in [6.07, 6.45) is 0.543. The van der Waals surface area contributed by atoms with Crippen LogP contribution in [0.2, 0.25) is 10.0 Å². The molecule has 13 heavy (non-hydrogen) atoms. The molecule has 1 aromatic carbocycles. The zero-order valence-corrected chi connectivity index (χ0v) is 8.73. The van der Waals surface area contributed by atoms with Gasteiger partial charge in [0.15, 0.2) is 0 Å². The molecule has 72 valence electrons.